The zero-order chi connectivity index (χ0) is 23.5. The lowest BCUT2D eigenvalue weighted by Crippen LogP contribution is -2.21. The summed E-state index contributed by atoms with van der Waals surface area (Å²) in [5.41, 5.74) is 6.06. The maximum Gasteiger partial charge on any atom is 0.177 e. The van der Waals surface area contributed by atoms with Crippen LogP contribution in [0.4, 0.5) is 4.39 Å². The largest absolute Gasteiger partial charge is 0.336 e. The Hall–Kier alpha value is -3.84. The number of imidazole rings is 1. The van der Waals surface area contributed by atoms with Crippen molar-refractivity contribution >= 4 is 35.0 Å². The van der Waals surface area contributed by atoms with E-state index in [1.165, 1.54) is 6.07 Å². The lowest BCUT2D eigenvalue weighted by atomic mass is 10.0. The summed E-state index contributed by atoms with van der Waals surface area (Å²) < 4.78 is 13.5. The van der Waals surface area contributed by atoms with E-state index in [1.54, 1.807) is 12.3 Å². The van der Waals surface area contributed by atoms with Crippen molar-refractivity contribution in [2.75, 3.05) is 0 Å². The lowest BCUT2D eigenvalue weighted by molar-refractivity contribution is 0.657. The molecule has 7 heteroatoms. The lowest BCUT2D eigenvalue weighted by Gasteiger charge is -2.02. The van der Waals surface area contributed by atoms with Gasteiger partial charge in [-0.15, -0.1) is 11.3 Å². The average molecular weight is 458 g/mol. The predicted octanol–water partition coefficient (Wildman–Crippen LogP) is 5.43. The fourth-order valence-electron chi connectivity index (χ4n) is 3.42. The van der Waals surface area contributed by atoms with Gasteiger partial charge in [0.05, 0.1) is 15.7 Å². The number of rotatable bonds is 6. The summed E-state index contributed by atoms with van der Waals surface area (Å²) in [5.74, 6) is 0.580. The molecular formula is C26H24FN5S. The van der Waals surface area contributed by atoms with Gasteiger partial charge in [-0.25, -0.2) is 4.98 Å². The summed E-state index contributed by atoms with van der Waals surface area (Å²) in [6, 6.07) is 4.98. The van der Waals surface area contributed by atoms with Gasteiger partial charge in [0.2, 0.25) is 0 Å². The van der Waals surface area contributed by atoms with Crippen molar-refractivity contribution in [1.82, 2.24) is 25.1 Å². The zero-order valence-corrected chi connectivity index (χ0v) is 19.6. The van der Waals surface area contributed by atoms with Gasteiger partial charge < -0.3 is 4.98 Å². The predicted molar refractivity (Wildman–Crippen MR) is 135 cm³/mol. The normalized spacial score (nSPS) is 13.8. The van der Waals surface area contributed by atoms with Gasteiger partial charge in [0.1, 0.15) is 16.9 Å². The molecule has 4 aromatic heterocycles. The first-order chi connectivity index (χ1) is 15.9. The number of allylic oxidation sites excluding steroid dienone is 7. The van der Waals surface area contributed by atoms with Crippen LogP contribution in [0.5, 0.6) is 0 Å². The van der Waals surface area contributed by atoms with Crippen LogP contribution in [-0.2, 0) is 0 Å². The molecule has 0 aromatic carbocycles. The second-order valence-electron chi connectivity index (χ2n) is 7.56. The Morgan fingerprint density at radius 2 is 2.00 bits per heavy atom. The molecule has 0 aliphatic carbocycles. The highest BCUT2D eigenvalue weighted by molar-refractivity contribution is 7.13. The van der Waals surface area contributed by atoms with Crippen LogP contribution < -0.4 is 10.6 Å². The number of nitrogens with one attached hydrogen (secondary N) is 2. The van der Waals surface area contributed by atoms with E-state index in [0.29, 0.717) is 22.7 Å². The molecule has 0 unspecified atom stereocenters. The van der Waals surface area contributed by atoms with Crippen LogP contribution in [0.25, 0.3) is 45.8 Å². The molecule has 4 aromatic rings. The van der Waals surface area contributed by atoms with E-state index in [-0.39, 0.29) is 5.13 Å². The Balaban J connectivity index is 1.72. The number of hydrogen-bond donors (Lipinski definition) is 2. The summed E-state index contributed by atoms with van der Waals surface area (Å²) in [4.78, 5) is 13.1. The van der Waals surface area contributed by atoms with Crippen LogP contribution in [0.15, 0.2) is 72.0 Å². The topological polar surface area (TPSA) is 70.2 Å². The molecule has 0 radical (unpaired) electrons. The van der Waals surface area contributed by atoms with Crippen LogP contribution in [0.1, 0.15) is 20.8 Å². The van der Waals surface area contributed by atoms with Crippen LogP contribution in [-0.4, -0.2) is 25.1 Å². The minimum absolute atomic E-state index is 0.258. The molecule has 0 atom stereocenters. The molecule has 5 nitrogen and oxygen atoms in total. The third kappa shape index (κ3) is 4.54. The van der Waals surface area contributed by atoms with E-state index in [0.717, 1.165) is 49.0 Å². The van der Waals surface area contributed by atoms with Crippen LogP contribution in [0.3, 0.4) is 0 Å². The number of aromatic amines is 2. The van der Waals surface area contributed by atoms with Crippen molar-refractivity contribution in [3.63, 3.8) is 0 Å². The molecule has 0 saturated heterocycles. The second-order valence-corrected chi connectivity index (χ2v) is 8.60. The summed E-state index contributed by atoms with van der Waals surface area (Å²) in [5, 5.41) is 8.75. The van der Waals surface area contributed by atoms with E-state index in [2.05, 4.69) is 52.4 Å². The van der Waals surface area contributed by atoms with Gasteiger partial charge in [-0.3, -0.25) is 10.1 Å². The Labute approximate surface area is 195 Å². The third-order valence-corrected chi connectivity index (χ3v) is 6.18. The Morgan fingerprint density at radius 1 is 1.18 bits per heavy atom. The molecule has 0 amide bonds. The average Bonchev–Trinajstić information content (AvgIpc) is 3.53. The second kappa shape index (κ2) is 9.34. The van der Waals surface area contributed by atoms with Gasteiger partial charge in [-0.1, -0.05) is 43.0 Å². The number of H-pyrrole nitrogens is 2. The molecule has 4 rings (SSSR count). The molecule has 0 aliphatic heterocycles. The highest BCUT2D eigenvalue weighted by atomic mass is 32.1. The fourth-order valence-corrected chi connectivity index (χ4v) is 4.14. The highest BCUT2D eigenvalue weighted by Gasteiger charge is 2.15. The molecule has 166 valence electrons. The molecule has 2 N–H and O–H groups in total. The Bertz CT molecular complexity index is 1540. The molecule has 0 spiro atoms. The first-order valence-corrected chi connectivity index (χ1v) is 11.2. The van der Waals surface area contributed by atoms with Gasteiger partial charge in [-0.2, -0.15) is 9.49 Å². The number of aromatic nitrogens is 5. The zero-order valence-electron chi connectivity index (χ0n) is 18.7. The molecular weight excluding hydrogens is 433 g/mol. The number of nitrogens with zero attached hydrogens (tertiary/aromatic N) is 3. The first-order valence-electron chi connectivity index (χ1n) is 10.4. The monoisotopic (exact) mass is 457 g/mol. The van der Waals surface area contributed by atoms with Crippen LogP contribution >= 0.6 is 11.3 Å². The quantitative estimate of drug-likeness (QED) is 0.379. The Morgan fingerprint density at radius 3 is 2.70 bits per heavy atom. The number of hydrogen-bond acceptors (Lipinski definition) is 4. The van der Waals surface area contributed by atoms with E-state index < -0.39 is 0 Å². The fraction of sp³-hybridized carbons (Fsp3) is 0.115. The van der Waals surface area contributed by atoms with Crippen molar-refractivity contribution < 1.29 is 4.39 Å². The molecule has 0 bridgehead atoms. The van der Waals surface area contributed by atoms with Crippen LogP contribution in [0, 0.1) is 5.13 Å². The molecule has 33 heavy (non-hydrogen) atoms. The minimum atomic E-state index is -0.258. The van der Waals surface area contributed by atoms with Crippen molar-refractivity contribution in [1.29, 1.82) is 0 Å². The van der Waals surface area contributed by atoms with Gasteiger partial charge in [0, 0.05) is 11.4 Å². The highest BCUT2D eigenvalue weighted by Crippen LogP contribution is 2.31. The number of pyridine rings is 1. The van der Waals surface area contributed by atoms with Gasteiger partial charge in [0.15, 0.2) is 11.0 Å². The van der Waals surface area contributed by atoms with E-state index in [9.17, 15) is 4.39 Å². The summed E-state index contributed by atoms with van der Waals surface area (Å²) in [6.45, 7) is 14.1. The molecule has 4 heterocycles. The van der Waals surface area contributed by atoms with E-state index >= 15 is 0 Å². The molecule has 0 fully saturated rings. The SMILES string of the molecule is C=C\C(C)=C/C(=C\C)C(/C)=C/C=c1/[nH]nc(-c2nc3c(-c4ccc(F)s4)nccc3[nH]2)c1=C. The third-order valence-electron chi connectivity index (χ3n) is 5.30. The maximum absolute atomic E-state index is 13.5. The minimum Gasteiger partial charge on any atom is -0.336 e. The van der Waals surface area contributed by atoms with Gasteiger partial charge in [0.25, 0.3) is 0 Å². The van der Waals surface area contributed by atoms with E-state index in [4.69, 9.17) is 4.98 Å². The van der Waals surface area contributed by atoms with Crippen LogP contribution in [0.2, 0.25) is 0 Å². The van der Waals surface area contributed by atoms with Gasteiger partial charge in [-0.05, 0) is 56.2 Å². The number of halogens is 1. The van der Waals surface area contributed by atoms with Crippen molar-refractivity contribution in [2.45, 2.75) is 20.8 Å². The molecule has 0 aliphatic rings. The standard InChI is InChI=1S/C26H24FN5S/c1-6-15(3)14-18(7-2)16(4)8-9-19-17(5)23(32-31-19)26-29-20-12-13-28-25(24(20)30-26)21-10-11-22(27)33-21/h6-14,31H,1,5H2,2-4H3,(H,29,30)/b15-14-,16-8+,18-7+,19-9+. The summed E-state index contributed by atoms with van der Waals surface area (Å²) in [7, 11) is 0. The van der Waals surface area contributed by atoms with Crippen molar-refractivity contribution in [3.8, 4) is 22.1 Å². The summed E-state index contributed by atoms with van der Waals surface area (Å²) >= 11 is 1.04. The summed E-state index contributed by atoms with van der Waals surface area (Å²) in [6.07, 6.45) is 11.7. The van der Waals surface area contributed by atoms with Gasteiger partial charge >= 0.3 is 0 Å². The van der Waals surface area contributed by atoms with Crippen molar-refractivity contribution in [2.24, 2.45) is 0 Å². The van der Waals surface area contributed by atoms with E-state index in [1.807, 2.05) is 38.1 Å². The van der Waals surface area contributed by atoms with Crippen molar-refractivity contribution in [3.05, 3.63) is 87.7 Å². The maximum atomic E-state index is 13.5. The Kier molecular flexibility index (Phi) is 6.33. The number of fused-ring (bicyclic) bond motifs is 1. The smallest absolute Gasteiger partial charge is 0.177 e. The molecule has 0 saturated carbocycles. The first kappa shape index (κ1) is 22.4. The number of thiophene rings is 1.